The van der Waals surface area contributed by atoms with E-state index >= 15 is 0 Å². The fourth-order valence-electron chi connectivity index (χ4n) is 3.00. The van der Waals surface area contributed by atoms with E-state index in [2.05, 4.69) is 26.1 Å². The number of nitrogens with zero attached hydrogens (tertiary/aromatic N) is 2. The van der Waals surface area contributed by atoms with E-state index in [-0.39, 0.29) is 12.0 Å². The Kier molecular flexibility index (Phi) is 6.17. The van der Waals surface area contributed by atoms with Crippen molar-refractivity contribution >= 4 is 5.91 Å². The first-order valence-corrected chi connectivity index (χ1v) is 9.45. The Morgan fingerprint density at radius 2 is 1.71 bits per heavy atom. The van der Waals surface area contributed by atoms with Crippen molar-refractivity contribution in [1.82, 2.24) is 14.5 Å². The molecule has 7 nitrogen and oxygen atoms in total. The van der Waals surface area contributed by atoms with Gasteiger partial charge in [0.25, 0.3) is 11.5 Å². The second-order valence-electron chi connectivity index (χ2n) is 8.14. The molecule has 1 heterocycles. The third kappa shape index (κ3) is 4.18. The van der Waals surface area contributed by atoms with Gasteiger partial charge in [0.1, 0.15) is 0 Å². The van der Waals surface area contributed by atoms with E-state index in [0.717, 1.165) is 20.3 Å². The number of amides is 1. The lowest BCUT2D eigenvalue weighted by Crippen LogP contribution is -2.45. The molecule has 0 fully saturated rings. The molecule has 1 aromatic carbocycles. The first-order valence-electron chi connectivity index (χ1n) is 9.45. The van der Waals surface area contributed by atoms with Gasteiger partial charge < -0.3 is 10.4 Å². The van der Waals surface area contributed by atoms with E-state index in [1.807, 2.05) is 24.3 Å². The predicted octanol–water partition coefficient (Wildman–Crippen LogP) is 2.39. The van der Waals surface area contributed by atoms with Gasteiger partial charge in [0.05, 0.1) is 6.54 Å². The molecule has 0 aliphatic carbocycles. The molecule has 28 heavy (non-hydrogen) atoms. The van der Waals surface area contributed by atoms with Crippen molar-refractivity contribution in [3.63, 3.8) is 0 Å². The first-order chi connectivity index (χ1) is 13.0. The zero-order chi connectivity index (χ0) is 21.2. The molecule has 7 heteroatoms. The maximum absolute atomic E-state index is 12.9. The Hall–Kier alpha value is -2.83. The summed E-state index contributed by atoms with van der Waals surface area (Å²) in [6.07, 6.45) is 0. The molecule has 152 valence electrons. The Morgan fingerprint density at radius 1 is 1.14 bits per heavy atom. The second kappa shape index (κ2) is 8.04. The molecule has 0 spiro atoms. The van der Waals surface area contributed by atoms with Gasteiger partial charge >= 0.3 is 5.69 Å². The number of carbonyl (C=O) groups excluding carboxylic acids is 1. The van der Waals surface area contributed by atoms with Crippen LogP contribution in [0, 0.1) is 0 Å². The van der Waals surface area contributed by atoms with Crippen molar-refractivity contribution in [3.05, 3.63) is 61.8 Å². The van der Waals surface area contributed by atoms with Gasteiger partial charge in [-0.15, -0.1) is 0 Å². The summed E-state index contributed by atoms with van der Waals surface area (Å²) < 4.78 is 2.06. The fraction of sp³-hybridized carbons (Fsp3) is 0.476. The van der Waals surface area contributed by atoms with Crippen LogP contribution in [0.15, 0.2) is 33.9 Å². The van der Waals surface area contributed by atoms with Crippen LogP contribution in [-0.4, -0.2) is 26.7 Å². The minimum absolute atomic E-state index is 0.0102. The van der Waals surface area contributed by atoms with Gasteiger partial charge in [-0.05, 0) is 37.3 Å². The average Bonchev–Trinajstić information content (AvgIpc) is 2.58. The van der Waals surface area contributed by atoms with Gasteiger partial charge in [0.2, 0.25) is 5.88 Å². The van der Waals surface area contributed by atoms with Crippen LogP contribution in [0.5, 0.6) is 5.88 Å². The number of carbonyl (C=O) groups is 1. The van der Waals surface area contributed by atoms with Crippen LogP contribution in [0.3, 0.4) is 0 Å². The van der Waals surface area contributed by atoms with Gasteiger partial charge in [-0.25, -0.2) is 4.79 Å². The second-order valence-corrected chi connectivity index (χ2v) is 8.14. The van der Waals surface area contributed by atoms with E-state index in [1.165, 1.54) is 0 Å². The summed E-state index contributed by atoms with van der Waals surface area (Å²) in [5.74, 6) is -1.30. The molecule has 0 saturated heterocycles. The summed E-state index contributed by atoms with van der Waals surface area (Å²) in [7, 11) is 0. The Labute approximate surface area is 164 Å². The quantitative estimate of drug-likeness (QED) is 0.824. The maximum Gasteiger partial charge on any atom is 0.334 e. The van der Waals surface area contributed by atoms with Crippen molar-refractivity contribution in [2.24, 2.45) is 0 Å². The van der Waals surface area contributed by atoms with Crippen molar-refractivity contribution < 1.29 is 9.90 Å². The molecule has 0 aliphatic rings. The van der Waals surface area contributed by atoms with Gasteiger partial charge in [-0.2, -0.15) is 0 Å². The lowest BCUT2D eigenvalue weighted by Gasteiger charge is -2.20. The summed E-state index contributed by atoms with van der Waals surface area (Å²) in [4.78, 5) is 38.0. The highest BCUT2D eigenvalue weighted by molar-refractivity contribution is 5.95. The third-order valence-corrected chi connectivity index (χ3v) is 4.59. The first kappa shape index (κ1) is 21.5. The molecule has 0 radical (unpaired) electrons. The highest BCUT2D eigenvalue weighted by Gasteiger charge is 2.25. The van der Waals surface area contributed by atoms with E-state index in [0.29, 0.717) is 6.54 Å². The highest BCUT2D eigenvalue weighted by atomic mass is 16.3. The maximum atomic E-state index is 12.9. The number of hydrogen-bond acceptors (Lipinski definition) is 4. The van der Waals surface area contributed by atoms with Crippen LogP contribution in [0.25, 0.3) is 0 Å². The van der Waals surface area contributed by atoms with Crippen LogP contribution in [-0.2, 0) is 12.0 Å². The Balaban J connectivity index is 2.62. The molecule has 0 aliphatic heterocycles. The average molecular weight is 387 g/mol. The minimum atomic E-state index is -0.801. The number of hydrogen-bond donors (Lipinski definition) is 2. The monoisotopic (exact) mass is 387 g/mol. The molecule has 1 amide bonds. The Morgan fingerprint density at radius 3 is 2.18 bits per heavy atom. The van der Waals surface area contributed by atoms with E-state index < -0.39 is 34.6 Å². The molecular weight excluding hydrogens is 358 g/mol. The van der Waals surface area contributed by atoms with Crippen molar-refractivity contribution in [2.75, 3.05) is 6.54 Å². The van der Waals surface area contributed by atoms with Gasteiger partial charge in [0.15, 0.2) is 5.56 Å². The van der Waals surface area contributed by atoms with E-state index in [9.17, 15) is 19.5 Å². The zero-order valence-corrected chi connectivity index (χ0v) is 17.4. The van der Waals surface area contributed by atoms with Crippen molar-refractivity contribution in [1.29, 1.82) is 0 Å². The lowest BCUT2D eigenvalue weighted by molar-refractivity contribution is 0.0948. The zero-order valence-electron chi connectivity index (χ0n) is 17.4. The van der Waals surface area contributed by atoms with Crippen LogP contribution in [0.4, 0.5) is 0 Å². The van der Waals surface area contributed by atoms with Gasteiger partial charge in [0, 0.05) is 12.6 Å². The molecule has 0 saturated carbocycles. The fourth-order valence-corrected chi connectivity index (χ4v) is 3.00. The summed E-state index contributed by atoms with van der Waals surface area (Å²) in [6, 6.07) is 7.24. The minimum Gasteiger partial charge on any atom is -0.494 e. The number of nitrogens with one attached hydrogen (secondary N) is 1. The molecule has 0 bridgehead atoms. The summed E-state index contributed by atoms with van der Waals surface area (Å²) >= 11 is 0. The van der Waals surface area contributed by atoms with Crippen LogP contribution in [0.1, 0.15) is 69.1 Å². The molecule has 2 rings (SSSR count). The van der Waals surface area contributed by atoms with Crippen LogP contribution >= 0.6 is 0 Å². The van der Waals surface area contributed by atoms with Crippen molar-refractivity contribution in [2.45, 2.75) is 59.5 Å². The molecule has 2 aromatic rings. The molecule has 0 atom stereocenters. The smallest absolute Gasteiger partial charge is 0.334 e. The molecular formula is C21H29N3O4. The largest absolute Gasteiger partial charge is 0.494 e. The van der Waals surface area contributed by atoms with E-state index in [1.54, 1.807) is 20.8 Å². The number of aromatic hydroxyl groups is 1. The van der Waals surface area contributed by atoms with Crippen LogP contribution in [0.2, 0.25) is 0 Å². The van der Waals surface area contributed by atoms with Crippen molar-refractivity contribution in [3.8, 4) is 5.88 Å². The molecule has 0 unspecified atom stereocenters. The van der Waals surface area contributed by atoms with E-state index in [4.69, 9.17) is 0 Å². The number of rotatable bonds is 5. The SMILES string of the molecule is CCNC(=O)c1c(O)n(C(C)C)c(=O)n(Cc2ccc(C(C)(C)C)cc2)c1=O. The van der Waals surface area contributed by atoms with Gasteiger partial charge in [-0.3, -0.25) is 18.7 Å². The number of aromatic nitrogens is 2. The highest BCUT2D eigenvalue weighted by Crippen LogP contribution is 2.22. The topological polar surface area (TPSA) is 93.3 Å². The summed E-state index contributed by atoms with van der Waals surface area (Å²) in [5.41, 5.74) is 0.0213. The normalized spacial score (nSPS) is 11.7. The molecule has 2 N–H and O–H groups in total. The molecule has 1 aromatic heterocycles. The third-order valence-electron chi connectivity index (χ3n) is 4.59. The predicted molar refractivity (Wildman–Crippen MR) is 109 cm³/mol. The van der Waals surface area contributed by atoms with Gasteiger partial charge in [-0.1, -0.05) is 45.0 Å². The number of benzene rings is 1. The standard InChI is InChI=1S/C21H29N3O4/c1-7-22-17(25)16-18(26)23(20(28)24(13(2)3)19(16)27)12-14-8-10-15(11-9-14)21(4,5)6/h8-11,13,27H,7,12H2,1-6H3,(H,22,25). The summed E-state index contributed by atoms with van der Waals surface area (Å²) in [6.45, 7) is 11.7. The summed E-state index contributed by atoms with van der Waals surface area (Å²) in [5, 5.41) is 12.9. The Bertz CT molecular complexity index is 977. The lowest BCUT2D eigenvalue weighted by atomic mass is 9.87. The van der Waals surface area contributed by atoms with Crippen LogP contribution < -0.4 is 16.6 Å².